The number of phenolic OH excluding ortho intramolecular Hbond substituents is 2. The second-order valence-corrected chi connectivity index (χ2v) is 16.7. The first-order valence-electron chi connectivity index (χ1n) is 20.2. The molecule has 0 saturated carbocycles. The van der Waals surface area contributed by atoms with Crippen LogP contribution in [-0.4, -0.2) is 63.0 Å². The van der Waals surface area contributed by atoms with Gasteiger partial charge in [-0.3, -0.25) is 4.79 Å². The zero-order valence-corrected chi connectivity index (χ0v) is 35.3. The van der Waals surface area contributed by atoms with Crippen LogP contribution in [0.25, 0.3) is 21.9 Å². The molecular formula is C49H46O13S. The molecule has 0 spiro atoms. The van der Waals surface area contributed by atoms with Crippen LogP contribution in [0.4, 0.5) is 0 Å². The Balaban J connectivity index is 1.30. The van der Waals surface area contributed by atoms with E-state index < -0.39 is 57.6 Å². The summed E-state index contributed by atoms with van der Waals surface area (Å²) in [5, 5.41) is 22.8. The summed E-state index contributed by atoms with van der Waals surface area (Å²) < 4.78 is 75.1. The Morgan fingerprint density at radius 1 is 0.619 bits per heavy atom. The number of hydrogen-bond acceptors (Lipinski definition) is 13. The van der Waals surface area contributed by atoms with Crippen LogP contribution in [-0.2, 0) is 60.2 Å². The molecule has 0 aliphatic carbocycles. The van der Waals surface area contributed by atoms with Gasteiger partial charge in [-0.05, 0) is 22.3 Å². The van der Waals surface area contributed by atoms with Gasteiger partial charge in [-0.1, -0.05) is 121 Å². The largest absolute Gasteiger partial charge is 0.507 e. The summed E-state index contributed by atoms with van der Waals surface area (Å²) in [6.07, 6.45) is -4.04. The van der Waals surface area contributed by atoms with Gasteiger partial charge in [0.15, 0.2) is 17.1 Å². The third kappa shape index (κ3) is 10.2. The van der Waals surface area contributed by atoms with Gasteiger partial charge in [0.05, 0.1) is 57.3 Å². The fourth-order valence-electron chi connectivity index (χ4n) is 7.70. The Hall–Kier alpha value is -6.26. The maximum atomic E-state index is 14.4. The molecule has 7 aromatic rings. The molecule has 2 N–H and O–H groups in total. The highest BCUT2D eigenvalue weighted by atomic mass is 32.2. The molecule has 0 amide bonds. The van der Waals surface area contributed by atoms with Gasteiger partial charge in [-0.2, -0.15) is 8.42 Å². The van der Waals surface area contributed by atoms with Crippen LogP contribution < -0.4 is 14.3 Å². The van der Waals surface area contributed by atoms with Crippen molar-refractivity contribution in [3.63, 3.8) is 0 Å². The van der Waals surface area contributed by atoms with E-state index in [1.807, 2.05) is 121 Å². The second kappa shape index (κ2) is 19.4. The van der Waals surface area contributed by atoms with E-state index in [9.17, 15) is 23.4 Å². The molecule has 13 nitrogen and oxygen atoms in total. The number of fused-ring (bicyclic) bond motifs is 2. The molecule has 1 aliphatic rings. The van der Waals surface area contributed by atoms with E-state index in [0.29, 0.717) is 0 Å². The van der Waals surface area contributed by atoms with Crippen LogP contribution in [0.5, 0.6) is 23.0 Å². The minimum Gasteiger partial charge on any atom is -0.507 e. The smallest absolute Gasteiger partial charge is 0.306 e. The zero-order valence-electron chi connectivity index (χ0n) is 34.5. The van der Waals surface area contributed by atoms with Crippen LogP contribution in [0.2, 0.25) is 0 Å². The van der Waals surface area contributed by atoms with Crippen molar-refractivity contribution >= 4 is 32.1 Å². The Kier molecular flexibility index (Phi) is 13.4. The van der Waals surface area contributed by atoms with E-state index in [4.69, 9.17) is 37.0 Å². The van der Waals surface area contributed by atoms with Crippen molar-refractivity contribution in [2.45, 2.75) is 56.9 Å². The number of ether oxygens (including phenoxy) is 6. The van der Waals surface area contributed by atoms with Gasteiger partial charge in [-0.15, -0.1) is 0 Å². The molecule has 0 unspecified atom stereocenters. The first-order valence-corrected chi connectivity index (χ1v) is 22.0. The third-order valence-corrected chi connectivity index (χ3v) is 11.1. The minimum atomic E-state index is -4.04. The van der Waals surface area contributed by atoms with Gasteiger partial charge >= 0.3 is 10.1 Å². The molecule has 1 saturated heterocycles. The number of aromatic hydroxyl groups is 2. The lowest BCUT2D eigenvalue weighted by Crippen LogP contribution is -2.58. The van der Waals surface area contributed by atoms with Gasteiger partial charge in [0.25, 0.3) is 0 Å². The Bertz CT molecular complexity index is 2800. The molecular weight excluding hydrogens is 829 g/mol. The molecule has 14 heteroatoms. The Morgan fingerprint density at radius 3 is 1.65 bits per heavy atom. The average Bonchev–Trinajstić information content (AvgIpc) is 3.28. The van der Waals surface area contributed by atoms with Crippen LogP contribution in [0.1, 0.15) is 33.9 Å². The van der Waals surface area contributed by atoms with Crippen LogP contribution in [0, 0.1) is 0 Å². The van der Waals surface area contributed by atoms with Crippen molar-refractivity contribution in [2.75, 3.05) is 20.0 Å². The van der Waals surface area contributed by atoms with Gasteiger partial charge in [0.2, 0.25) is 5.43 Å². The summed E-state index contributed by atoms with van der Waals surface area (Å²) in [4.78, 5) is 14.4. The molecule has 0 bridgehead atoms. The summed E-state index contributed by atoms with van der Waals surface area (Å²) in [7, 11) is -2.74. The molecule has 63 heavy (non-hydrogen) atoms. The van der Waals surface area contributed by atoms with E-state index in [-0.39, 0.29) is 72.0 Å². The third-order valence-electron chi connectivity index (χ3n) is 10.6. The lowest BCUT2D eigenvalue weighted by Gasteiger charge is -2.46. The van der Waals surface area contributed by atoms with Gasteiger partial charge in [0, 0.05) is 18.2 Å². The highest BCUT2D eigenvalue weighted by molar-refractivity contribution is 7.86. The topological polar surface area (TPSA) is 169 Å². The lowest BCUT2D eigenvalue weighted by atomic mass is 9.88. The molecule has 0 radical (unpaired) electrons. The van der Waals surface area contributed by atoms with Crippen LogP contribution >= 0.6 is 0 Å². The summed E-state index contributed by atoms with van der Waals surface area (Å²) in [6, 6.07) is 42.0. The maximum absolute atomic E-state index is 14.4. The van der Waals surface area contributed by atoms with Crippen molar-refractivity contribution < 1.29 is 55.7 Å². The van der Waals surface area contributed by atoms with Gasteiger partial charge in [0.1, 0.15) is 53.0 Å². The summed E-state index contributed by atoms with van der Waals surface area (Å²) >= 11 is 0. The van der Waals surface area contributed by atoms with E-state index in [1.165, 1.54) is 13.2 Å². The molecule has 326 valence electrons. The lowest BCUT2D eigenvalue weighted by molar-refractivity contribution is -0.275. The Labute approximate surface area is 364 Å². The highest BCUT2D eigenvalue weighted by Crippen LogP contribution is 2.47. The summed E-state index contributed by atoms with van der Waals surface area (Å²) in [5.41, 5.74) is 2.53. The van der Waals surface area contributed by atoms with E-state index >= 15 is 0 Å². The zero-order chi connectivity index (χ0) is 43.9. The van der Waals surface area contributed by atoms with Crippen LogP contribution in [0.15, 0.2) is 149 Å². The van der Waals surface area contributed by atoms with Crippen LogP contribution in [0.3, 0.4) is 0 Å². The molecule has 2 heterocycles. The predicted molar refractivity (Wildman–Crippen MR) is 234 cm³/mol. The number of benzene rings is 6. The summed E-state index contributed by atoms with van der Waals surface area (Å²) in [5.74, 6) is -1.37. The fraction of sp³-hybridized carbons (Fsp3) is 0.245. The van der Waals surface area contributed by atoms with E-state index in [0.717, 1.165) is 40.6 Å². The molecule has 1 aliphatic heterocycles. The molecule has 6 aromatic carbocycles. The summed E-state index contributed by atoms with van der Waals surface area (Å²) in [6.45, 7) is 0.673. The Morgan fingerprint density at radius 2 is 1.13 bits per heavy atom. The number of phenols is 2. The highest BCUT2D eigenvalue weighted by Gasteiger charge is 2.50. The average molecular weight is 875 g/mol. The van der Waals surface area contributed by atoms with Crippen molar-refractivity contribution in [1.29, 1.82) is 0 Å². The first kappa shape index (κ1) is 43.4. The quantitative estimate of drug-likeness (QED) is 0.0665. The van der Waals surface area contributed by atoms with Crippen molar-refractivity contribution in [3.8, 4) is 23.0 Å². The van der Waals surface area contributed by atoms with Crippen molar-refractivity contribution in [2.24, 2.45) is 0 Å². The number of rotatable bonds is 17. The molecule has 1 fully saturated rings. The van der Waals surface area contributed by atoms with Gasteiger partial charge in [-0.25, -0.2) is 0 Å². The van der Waals surface area contributed by atoms with Crippen molar-refractivity contribution in [3.05, 3.63) is 178 Å². The van der Waals surface area contributed by atoms with E-state index in [1.54, 1.807) is 0 Å². The molecule has 8 rings (SSSR count). The standard InChI is InChI=1S/C49H46O13S/c1-55-39-25-38-35(23-40(39)62-63(2,53)54)44(52)42-36(50)24-37(51)43(46(42)60-38)47-49(59-29-34-21-13-6-14-22-34)48(58-28-33-19-11-5-12-20-33)45(57-27-32-17-9-4-10-18-32)41(61-47)30-56-26-31-15-7-3-8-16-31/h3-25,41,45,47-51H,26-30H2,1-2H3/t41-,45-,47+,48+,49+/m1/s1. The maximum Gasteiger partial charge on any atom is 0.306 e. The number of methoxy groups -OCH3 is 1. The number of hydrogen-bond donors (Lipinski definition) is 2. The first-order chi connectivity index (χ1) is 30.6. The van der Waals surface area contributed by atoms with E-state index in [2.05, 4.69) is 0 Å². The SMILES string of the molecule is COc1cc2oc3c([C@@H]4O[C@H](COCc5ccccc5)[C@@H](OCc5ccccc5)[C@H](OCc5ccccc5)[C@H]4OCc4ccccc4)c(O)cc(O)c3c(=O)c2cc1OS(C)(=O)=O. The van der Waals surface area contributed by atoms with Crippen molar-refractivity contribution in [1.82, 2.24) is 0 Å². The molecule has 1 aromatic heterocycles. The normalized spacial score (nSPS) is 19.0. The predicted octanol–water partition coefficient (Wildman–Crippen LogP) is 8.12. The second-order valence-electron chi connectivity index (χ2n) is 15.1. The minimum absolute atomic E-state index is 0.00538. The molecule has 5 atom stereocenters. The monoisotopic (exact) mass is 874 g/mol. The van der Waals surface area contributed by atoms with Gasteiger partial charge < -0.3 is 47.2 Å². The fourth-order valence-corrected chi connectivity index (χ4v) is 8.16.